The van der Waals surface area contributed by atoms with Gasteiger partial charge in [-0.1, -0.05) is 0 Å². The third-order valence-corrected chi connectivity index (χ3v) is 3.71. The molecule has 19 heavy (non-hydrogen) atoms. The monoisotopic (exact) mass is 267 g/mol. The van der Waals surface area contributed by atoms with E-state index in [9.17, 15) is 14.4 Å². The van der Waals surface area contributed by atoms with Crippen LogP contribution in [-0.4, -0.2) is 59.2 Å². The molecule has 3 amide bonds. The highest BCUT2D eigenvalue weighted by Gasteiger charge is 2.45. The van der Waals surface area contributed by atoms with Crippen molar-refractivity contribution < 1.29 is 14.4 Å². The van der Waals surface area contributed by atoms with E-state index in [0.717, 1.165) is 12.8 Å². The van der Waals surface area contributed by atoms with Crippen molar-refractivity contribution >= 4 is 17.7 Å². The molecular weight excluding hydrogens is 246 g/mol. The molecule has 2 aliphatic rings. The number of carbonyl (C=O) groups excluding carboxylic acids is 3. The van der Waals surface area contributed by atoms with E-state index in [1.165, 1.54) is 4.90 Å². The summed E-state index contributed by atoms with van der Waals surface area (Å²) in [6.45, 7) is 5.26. The standard InChI is InChI=1S/C13H21N3O3/c1-3-15(4-2)12(18)8-14-10-7-11(17)16(13(10)19)9-5-6-9/h9-10,14H,3-8H2,1-2H3. The maximum atomic E-state index is 12.0. The fourth-order valence-corrected chi connectivity index (χ4v) is 2.43. The van der Waals surface area contributed by atoms with Gasteiger partial charge < -0.3 is 4.90 Å². The fraction of sp³-hybridized carbons (Fsp3) is 0.769. The van der Waals surface area contributed by atoms with Gasteiger partial charge >= 0.3 is 0 Å². The van der Waals surface area contributed by atoms with Crippen LogP contribution in [0.15, 0.2) is 0 Å². The molecule has 1 saturated carbocycles. The van der Waals surface area contributed by atoms with E-state index >= 15 is 0 Å². The zero-order valence-electron chi connectivity index (χ0n) is 11.5. The van der Waals surface area contributed by atoms with E-state index in [4.69, 9.17) is 0 Å². The number of carbonyl (C=O) groups is 3. The summed E-state index contributed by atoms with van der Waals surface area (Å²) < 4.78 is 0. The van der Waals surface area contributed by atoms with Crippen LogP contribution in [0.5, 0.6) is 0 Å². The first kappa shape index (κ1) is 14.0. The first-order valence-corrected chi connectivity index (χ1v) is 6.95. The number of nitrogens with one attached hydrogen (secondary N) is 1. The number of nitrogens with zero attached hydrogens (tertiary/aromatic N) is 2. The fourth-order valence-electron chi connectivity index (χ4n) is 2.43. The van der Waals surface area contributed by atoms with Crippen molar-refractivity contribution in [2.45, 2.75) is 45.2 Å². The van der Waals surface area contributed by atoms with Gasteiger partial charge in [-0.2, -0.15) is 0 Å². The Morgan fingerprint density at radius 1 is 1.32 bits per heavy atom. The first-order chi connectivity index (χ1) is 9.08. The second-order valence-electron chi connectivity index (χ2n) is 5.04. The predicted octanol–water partition coefficient (Wildman–Crippen LogP) is -0.266. The number of likely N-dealkylation sites (tertiary alicyclic amines) is 1. The first-order valence-electron chi connectivity index (χ1n) is 6.95. The van der Waals surface area contributed by atoms with E-state index < -0.39 is 6.04 Å². The summed E-state index contributed by atoms with van der Waals surface area (Å²) in [6.07, 6.45) is 2.02. The Morgan fingerprint density at radius 3 is 2.47 bits per heavy atom. The highest BCUT2D eigenvalue weighted by Crippen LogP contribution is 2.31. The summed E-state index contributed by atoms with van der Waals surface area (Å²) in [5.74, 6) is -0.310. The van der Waals surface area contributed by atoms with Crippen LogP contribution in [-0.2, 0) is 14.4 Å². The Balaban J connectivity index is 1.85. The minimum Gasteiger partial charge on any atom is -0.342 e. The summed E-state index contributed by atoms with van der Waals surface area (Å²) in [6, 6.07) is -0.405. The Bertz CT molecular complexity index is 389. The van der Waals surface area contributed by atoms with Crippen LogP contribution >= 0.6 is 0 Å². The molecule has 6 nitrogen and oxygen atoms in total. The summed E-state index contributed by atoms with van der Waals surface area (Å²) >= 11 is 0. The van der Waals surface area contributed by atoms with Gasteiger partial charge in [-0.25, -0.2) is 0 Å². The summed E-state index contributed by atoms with van der Waals surface area (Å²) in [4.78, 5) is 38.7. The molecule has 0 bridgehead atoms. The van der Waals surface area contributed by atoms with Crippen molar-refractivity contribution in [1.29, 1.82) is 0 Å². The van der Waals surface area contributed by atoms with Crippen LogP contribution in [0.4, 0.5) is 0 Å². The number of rotatable bonds is 6. The van der Waals surface area contributed by atoms with Gasteiger partial charge in [-0.05, 0) is 26.7 Å². The molecule has 1 aliphatic heterocycles. The van der Waals surface area contributed by atoms with Crippen molar-refractivity contribution in [3.05, 3.63) is 0 Å². The lowest BCUT2D eigenvalue weighted by atomic mass is 10.2. The van der Waals surface area contributed by atoms with Crippen LogP contribution in [0.25, 0.3) is 0 Å². The molecule has 0 aromatic heterocycles. The SMILES string of the molecule is CCN(CC)C(=O)CNC1CC(=O)N(C2CC2)C1=O. The summed E-state index contributed by atoms with van der Waals surface area (Å²) in [5, 5.41) is 2.92. The molecule has 1 N–H and O–H groups in total. The van der Waals surface area contributed by atoms with Gasteiger partial charge in [0.25, 0.3) is 0 Å². The molecule has 0 radical (unpaired) electrons. The van der Waals surface area contributed by atoms with E-state index in [1.807, 2.05) is 13.8 Å². The Hall–Kier alpha value is -1.43. The van der Waals surface area contributed by atoms with Gasteiger partial charge in [-0.15, -0.1) is 0 Å². The number of imide groups is 1. The lowest BCUT2D eigenvalue weighted by Gasteiger charge is -2.20. The molecule has 6 heteroatoms. The van der Waals surface area contributed by atoms with Gasteiger partial charge in [0.15, 0.2) is 0 Å². The van der Waals surface area contributed by atoms with E-state index in [-0.39, 0.29) is 36.7 Å². The average molecular weight is 267 g/mol. The Kier molecular flexibility index (Phi) is 4.19. The molecule has 1 aliphatic carbocycles. The highest BCUT2D eigenvalue weighted by molar-refractivity contribution is 6.06. The molecule has 0 aromatic carbocycles. The Morgan fingerprint density at radius 2 is 1.95 bits per heavy atom. The minimum absolute atomic E-state index is 0.0323. The average Bonchev–Trinajstić information content (AvgIpc) is 3.16. The van der Waals surface area contributed by atoms with Crippen molar-refractivity contribution in [3.8, 4) is 0 Å². The molecule has 1 atom stereocenters. The van der Waals surface area contributed by atoms with Gasteiger partial charge in [0, 0.05) is 19.1 Å². The normalized spacial score (nSPS) is 23.1. The number of amides is 3. The van der Waals surface area contributed by atoms with Crippen molar-refractivity contribution in [2.75, 3.05) is 19.6 Å². The molecule has 2 rings (SSSR count). The maximum absolute atomic E-state index is 12.0. The van der Waals surface area contributed by atoms with Gasteiger partial charge in [0.05, 0.1) is 19.0 Å². The van der Waals surface area contributed by atoms with Crippen molar-refractivity contribution in [2.24, 2.45) is 0 Å². The molecule has 0 aromatic rings. The molecule has 106 valence electrons. The second-order valence-corrected chi connectivity index (χ2v) is 5.04. The minimum atomic E-state index is -0.521. The molecule has 1 unspecified atom stereocenters. The number of likely N-dealkylation sites (N-methyl/N-ethyl adjacent to an activating group) is 1. The number of hydrogen-bond acceptors (Lipinski definition) is 4. The molecule has 2 fully saturated rings. The van der Waals surface area contributed by atoms with Crippen LogP contribution in [0, 0.1) is 0 Å². The van der Waals surface area contributed by atoms with Crippen LogP contribution < -0.4 is 5.32 Å². The quantitative estimate of drug-likeness (QED) is 0.673. The summed E-state index contributed by atoms with van der Waals surface area (Å²) in [7, 11) is 0. The van der Waals surface area contributed by atoms with Crippen molar-refractivity contribution in [3.63, 3.8) is 0 Å². The lowest BCUT2D eigenvalue weighted by molar-refractivity contribution is -0.139. The number of hydrogen-bond donors (Lipinski definition) is 1. The third-order valence-electron chi connectivity index (χ3n) is 3.71. The molecular formula is C13H21N3O3. The summed E-state index contributed by atoms with van der Waals surface area (Å²) in [5.41, 5.74) is 0. The third kappa shape index (κ3) is 2.94. The van der Waals surface area contributed by atoms with Gasteiger partial charge in [0.1, 0.15) is 0 Å². The van der Waals surface area contributed by atoms with E-state index in [0.29, 0.717) is 13.1 Å². The topological polar surface area (TPSA) is 69.7 Å². The van der Waals surface area contributed by atoms with Gasteiger partial charge in [-0.3, -0.25) is 24.6 Å². The molecule has 0 spiro atoms. The van der Waals surface area contributed by atoms with Crippen LogP contribution in [0.2, 0.25) is 0 Å². The second kappa shape index (κ2) is 5.69. The lowest BCUT2D eigenvalue weighted by Crippen LogP contribution is -2.45. The van der Waals surface area contributed by atoms with Gasteiger partial charge in [0.2, 0.25) is 17.7 Å². The van der Waals surface area contributed by atoms with E-state index in [1.54, 1.807) is 4.90 Å². The van der Waals surface area contributed by atoms with Crippen LogP contribution in [0.1, 0.15) is 33.1 Å². The van der Waals surface area contributed by atoms with Crippen molar-refractivity contribution in [1.82, 2.24) is 15.1 Å². The Labute approximate surface area is 113 Å². The smallest absolute Gasteiger partial charge is 0.247 e. The zero-order valence-corrected chi connectivity index (χ0v) is 11.5. The highest BCUT2D eigenvalue weighted by atomic mass is 16.2. The largest absolute Gasteiger partial charge is 0.342 e. The zero-order chi connectivity index (χ0) is 14.0. The molecule has 1 heterocycles. The van der Waals surface area contributed by atoms with Crippen LogP contribution in [0.3, 0.4) is 0 Å². The maximum Gasteiger partial charge on any atom is 0.247 e. The molecule has 1 saturated heterocycles. The predicted molar refractivity (Wildman–Crippen MR) is 69.2 cm³/mol. The van der Waals surface area contributed by atoms with E-state index in [2.05, 4.69) is 5.32 Å².